The monoisotopic (exact) mass is 392 g/mol. The highest BCUT2D eigenvalue weighted by atomic mass is 16.5. The van der Waals surface area contributed by atoms with Gasteiger partial charge in [0.05, 0.1) is 6.61 Å². The molecule has 0 aromatic carbocycles. The summed E-state index contributed by atoms with van der Waals surface area (Å²) in [4.78, 5) is 19.8. The van der Waals surface area contributed by atoms with Crippen molar-refractivity contribution in [3.8, 4) is 11.9 Å². The molecule has 4 rings (SSSR count). The Labute approximate surface area is 172 Å². The molecule has 2 aromatic rings. The summed E-state index contributed by atoms with van der Waals surface area (Å²) in [5.41, 5.74) is 2.57. The maximum Gasteiger partial charge on any atom is 0.225 e. The molecule has 7 heteroatoms. The zero-order valence-corrected chi connectivity index (χ0v) is 17.4. The van der Waals surface area contributed by atoms with Crippen LogP contribution in [0.1, 0.15) is 48.5 Å². The molecule has 2 fully saturated rings. The van der Waals surface area contributed by atoms with E-state index in [0.29, 0.717) is 24.0 Å². The van der Waals surface area contributed by atoms with Gasteiger partial charge >= 0.3 is 0 Å². The van der Waals surface area contributed by atoms with Gasteiger partial charge < -0.3 is 9.64 Å². The predicted molar refractivity (Wildman–Crippen MR) is 110 cm³/mol. The van der Waals surface area contributed by atoms with Crippen LogP contribution in [0.3, 0.4) is 0 Å². The van der Waals surface area contributed by atoms with Gasteiger partial charge in [-0.2, -0.15) is 10.2 Å². The van der Waals surface area contributed by atoms with Crippen molar-refractivity contribution in [2.75, 3.05) is 24.6 Å². The Balaban J connectivity index is 1.21. The van der Waals surface area contributed by atoms with Crippen LogP contribution >= 0.6 is 0 Å². The Morgan fingerprint density at radius 2 is 1.97 bits per heavy atom. The van der Waals surface area contributed by atoms with Crippen LogP contribution in [0.5, 0.6) is 5.88 Å². The predicted octanol–water partition coefficient (Wildman–Crippen LogP) is 3.39. The lowest BCUT2D eigenvalue weighted by molar-refractivity contribution is 0.275. The van der Waals surface area contributed by atoms with E-state index in [1.54, 1.807) is 13.0 Å². The lowest BCUT2D eigenvalue weighted by Crippen LogP contribution is -2.35. The van der Waals surface area contributed by atoms with E-state index in [9.17, 15) is 0 Å². The molecule has 0 amide bonds. The molecular formula is C22H28N6O. The van der Waals surface area contributed by atoms with E-state index in [1.807, 2.05) is 19.2 Å². The summed E-state index contributed by atoms with van der Waals surface area (Å²) < 4.78 is 5.78. The summed E-state index contributed by atoms with van der Waals surface area (Å²) in [7, 11) is 0. The lowest BCUT2D eigenvalue weighted by Gasteiger charge is -2.32. The van der Waals surface area contributed by atoms with Gasteiger partial charge in [-0.3, -0.25) is 0 Å². The van der Waals surface area contributed by atoms with Crippen molar-refractivity contribution < 1.29 is 4.74 Å². The van der Waals surface area contributed by atoms with Crippen molar-refractivity contribution in [3.63, 3.8) is 0 Å². The maximum atomic E-state index is 9.00. The summed E-state index contributed by atoms with van der Waals surface area (Å²) in [6.07, 6.45) is 6.72. The number of nitrogens with zero attached hydrogens (tertiary/aromatic N) is 6. The second kappa shape index (κ2) is 8.32. The largest absolute Gasteiger partial charge is 0.478 e. The third-order valence-electron chi connectivity index (χ3n) is 6.28. The van der Waals surface area contributed by atoms with E-state index in [0.717, 1.165) is 54.5 Å². The van der Waals surface area contributed by atoms with Crippen LogP contribution in [0.15, 0.2) is 12.3 Å². The molecule has 1 saturated heterocycles. The molecule has 2 aromatic heterocycles. The summed E-state index contributed by atoms with van der Waals surface area (Å²) in [5.74, 6) is 4.33. The number of piperidine rings is 1. The number of hydrogen-bond donors (Lipinski definition) is 0. The van der Waals surface area contributed by atoms with Gasteiger partial charge in [0.1, 0.15) is 17.6 Å². The molecule has 29 heavy (non-hydrogen) atoms. The summed E-state index contributed by atoms with van der Waals surface area (Å²) >= 11 is 0. The van der Waals surface area contributed by atoms with Crippen LogP contribution in [0.2, 0.25) is 0 Å². The van der Waals surface area contributed by atoms with Crippen LogP contribution in [0.25, 0.3) is 0 Å². The van der Waals surface area contributed by atoms with Crippen molar-refractivity contribution in [3.05, 3.63) is 35.0 Å². The van der Waals surface area contributed by atoms with Crippen molar-refractivity contribution >= 4 is 5.95 Å². The number of anilines is 1. The molecule has 3 heterocycles. The van der Waals surface area contributed by atoms with Gasteiger partial charge in [-0.15, -0.1) is 0 Å². The van der Waals surface area contributed by atoms with Crippen LogP contribution in [-0.2, 0) is 0 Å². The third-order valence-corrected chi connectivity index (χ3v) is 6.28. The number of hydrogen-bond acceptors (Lipinski definition) is 7. The Bertz CT molecular complexity index is 916. The number of rotatable bonds is 6. The van der Waals surface area contributed by atoms with Gasteiger partial charge in [-0.05, 0) is 69.8 Å². The maximum absolute atomic E-state index is 9.00. The minimum atomic E-state index is 0.358. The average molecular weight is 393 g/mol. The zero-order valence-electron chi connectivity index (χ0n) is 17.4. The van der Waals surface area contributed by atoms with Crippen molar-refractivity contribution in [1.29, 1.82) is 5.26 Å². The van der Waals surface area contributed by atoms with Gasteiger partial charge in [0, 0.05) is 31.0 Å². The van der Waals surface area contributed by atoms with Crippen LogP contribution in [0.4, 0.5) is 5.95 Å². The number of ether oxygens (including phenoxy) is 1. The fourth-order valence-electron chi connectivity index (χ4n) is 4.36. The molecule has 0 spiro atoms. The van der Waals surface area contributed by atoms with Gasteiger partial charge in [0.25, 0.3) is 0 Å². The molecule has 0 N–H and O–H groups in total. The number of nitriles is 1. The van der Waals surface area contributed by atoms with E-state index < -0.39 is 0 Å². The number of aromatic nitrogens is 4. The molecule has 1 aliphatic heterocycles. The lowest BCUT2D eigenvalue weighted by atomic mass is 9.90. The molecule has 1 aliphatic carbocycles. The topological polar surface area (TPSA) is 87.8 Å². The van der Waals surface area contributed by atoms with Crippen LogP contribution in [-0.4, -0.2) is 39.6 Å². The first-order valence-electron chi connectivity index (χ1n) is 10.5. The molecule has 7 nitrogen and oxygen atoms in total. The first kappa shape index (κ1) is 19.6. The van der Waals surface area contributed by atoms with E-state index in [4.69, 9.17) is 10.00 Å². The Morgan fingerprint density at radius 1 is 1.17 bits per heavy atom. The Morgan fingerprint density at radius 3 is 2.69 bits per heavy atom. The summed E-state index contributed by atoms with van der Waals surface area (Å²) in [6, 6.07) is 3.66. The second-order valence-corrected chi connectivity index (χ2v) is 8.31. The highest BCUT2D eigenvalue weighted by Crippen LogP contribution is 2.49. The van der Waals surface area contributed by atoms with Crippen LogP contribution < -0.4 is 9.64 Å². The number of aryl methyl sites for hydroxylation is 3. The standard InChI is InChI=1S/C22H28N6O/c1-14-13-24-22(25-15(14)2)28-7-4-17(5-8-28)20-10-18(20)6-9-29-21-11-19(12-23)26-16(3)27-21/h11,13,17-18,20H,4-10H2,1-3H3. The van der Waals surface area contributed by atoms with E-state index in [2.05, 4.69) is 31.8 Å². The average Bonchev–Trinajstić information content (AvgIpc) is 3.49. The van der Waals surface area contributed by atoms with Gasteiger partial charge in [-0.1, -0.05) is 0 Å². The molecule has 0 bridgehead atoms. The Hall–Kier alpha value is -2.75. The van der Waals surface area contributed by atoms with Crippen LogP contribution in [0, 0.1) is 49.9 Å². The first-order chi connectivity index (χ1) is 14.0. The summed E-state index contributed by atoms with van der Waals surface area (Å²) in [5, 5.41) is 9.00. The van der Waals surface area contributed by atoms with Crippen molar-refractivity contribution in [1.82, 2.24) is 19.9 Å². The minimum absolute atomic E-state index is 0.358. The molecule has 0 radical (unpaired) electrons. The van der Waals surface area contributed by atoms with Gasteiger partial charge in [0.15, 0.2) is 0 Å². The quantitative estimate of drug-likeness (QED) is 0.744. The minimum Gasteiger partial charge on any atom is -0.478 e. The van der Waals surface area contributed by atoms with Crippen molar-refractivity contribution in [2.45, 2.75) is 46.5 Å². The SMILES string of the molecule is Cc1nc(C#N)cc(OCCC2CC2C2CCN(c3ncc(C)c(C)n3)CC2)n1. The molecule has 2 aliphatic rings. The normalized spacial score (nSPS) is 21.7. The highest BCUT2D eigenvalue weighted by molar-refractivity contribution is 5.33. The first-order valence-corrected chi connectivity index (χ1v) is 10.5. The highest BCUT2D eigenvalue weighted by Gasteiger charge is 2.43. The molecule has 2 unspecified atom stereocenters. The Kier molecular flexibility index (Phi) is 5.61. The molecule has 152 valence electrons. The molecule has 1 saturated carbocycles. The van der Waals surface area contributed by atoms with Gasteiger partial charge in [-0.25, -0.2) is 15.0 Å². The smallest absolute Gasteiger partial charge is 0.225 e. The zero-order chi connectivity index (χ0) is 20.4. The van der Waals surface area contributed by atoms with Crippen molar-refractivity contribution in [2.24, 2.45) is 17.8 Å². The fraction of sp³-hybridized carbons (Fsp3) is 0.591. The fourth-order valence-corrected chi connectivity index (χ4v) is 4.36. The molecular weight excluding hydrogens is 364 g/mol. The van der Waals surface area contributed by atoms with E-state index in [1.165, 1.54) is 19.3 Å². The molecule has 2 atom stereocenters. The second-order valence-electron chi connectivity index (χ2n) is 8.31. The van der Waals surface area contributed by atoms with Gasteiger partial charge in [0.2, 0.25) is 11.8 Å². The summed E-state index contributed by atoms with van der Waals surface area (Å²) in [6.45, 7) is 8.62. The van der Waals surface area contributed by atoms with E-state index in [-0.39, 0.29) is 0 Å². The third kappa shape index (κ3) is 4.64. The van der Waals surface area contributed by atoms with E-state index >= 15 is 0 Å².